The van der Waals surface area contributed by atoms with Crippen molar-refractivity contribution in [2.45, 2.75) is 0 Å². The van der Waals surface area contributed by atoms with Crippen LogP contribution in [0.15, 0.2) is 84.5 Å². The standard InChI is InChI=1S/C28H28N4O7/c1-4-15-38-23-12-8-21(9-13-23)31-27(34)28(35)32-29-17-19-5-14-24(25(16-19)37-3)39-18-26(33)30-20-6-10-22(36-2)11-7-20/h4-14,16-17H,1,15,18H2,2-3H3,(H,30,33)(H,31,34)(H,32,35)/b29-17-. The van der Waals surface area contributed by atoms with Gasteiger partial charge in [0.15, 0.2) is 18.1 Å². The molecule has 0 spiro atoms. The molecule has 0 aromatic heterocycles. The normalized spacial score (nSPS) is 10.3. The van der Waals surface area contributed by atoms with E-state index in [1.807, 2.05) is 0 Å². The summed E-state index contributed by atoms with van der Waals surface area (Å²) >= 11 is 0. The molecule has 0 aliphatic heterocycles. The average molecular weight is 533 g/mol. The van der Waals surface area contributed by atoms with Gasteiger partial charge in [0.1, 0.15) is 18.1 Å². The maximum Gasteiger partial charge on any atom is 0.329 e. The first-order valence-electron chi connectivity index (χ1n) is 11.6. The number of carbonyl (C=O) groups excluding carboxylic acids is 3. The van der Waals surface area contributed by atoms with Gasteiger partial charge < -0.3 is 29.6 Å². The van der Waals surface area contributed by atoms with Crippen LogP contribution in [-0.2, 0) is 14.4 Å². The molecule has 0 aliphatic carbocycles. The van der Waals surface area contributed by atoms with Gasteiger partial charge in [-0.3, -0.25) is 14.4 Å². The highest BCUT2D eigenvalue weighted by molar-refractivity contribution is 6.39. The van der Waals surface area contributed by atoms with E-state index in [1.54, 1.807) is 79.9 Å². The molecule has 11 heteroatoms. The Morgan fingerprint density at radius 3 is 2.10 bits per heavy atom. The number of anilines is 2. The van der Waals surface area contributed by atoms with Crippen LogP contribution in [0.3, 0.4) is 0 Å². The molecule has 3 aromatic carbocycles. The Kier molecular flexibility index (Phi) is 10.5. The Balaban J connectivity index is 1.48. The van der Waals surface area contributed by atoms with E-state index in [0.717, 1.165) is 0 Å². The fraction of sp³-hybridized carbons (Fsp3) is 0.143. The number of hydrazone groups is 1. The Morgan fingerprint density at radius 1 is 0.795 bits per heavy atom. The number of amides is 3. The van der Waals surface area contributed by atoms with E-state index in [-0.39, 0.29) is 12.5 Å². The maximum absolute atomic E-state index is 12.2. The van der Waals surface area contributed by atoms with Crippen molar-refractivity contribution in [3.63, 3.8) is 0 Å². The summed E-state index contributed by atoms with van der Waals surface area (Å²) in [7, 11) is 3.01. The number of hydrogen-bond acceptors (Lipinski definition) is 8. The van der Waals surface area contributed by atoms with Crippen molar-refractivity contribution in [3.05, 3.63) is 84.9 Å². The molecular weight excluding hydrogens is 504 g/mol. The van der Waals surface area contributed by atoms with Crippen LogP contribution in [-0.4, -0.2) is 51.4 Å². The van der Waals surface area contributed by atoms with Gasteiger partial charge in [-0.1, -0.05) is 12.7 Å². The zero-order chi connectivity index (χ0) is 28.0. The summed E-state index contributed by atoms with van der Waals surface area (Å²) in [6, 6.07) is 18.2. The molecule has 0 atom stereocenters. The topological polar surface area (TPSA) is 137 Å². The van der Waals surface area contributed by atoms with Crippen molar-refractivity contribution < 1.29 is 33.3 Å². The number of carbonyl (C=O) groups is 3. The van der Waals surface area contributed by atoms with Crippen LogP contribution in [0.25, 0.3) is 0 Å². The maximum atomic E-state index is 12.2. The zero-order valence-electron chi connectivity index (χ0n) is 21.4. The minimum Gasteiger partial charge on any atom is -0.497 e. The number of rotatable bonds is 12. The van der Waals surface area contributed by atoms with E-state index < -0.39 is 11.8 Å². The predicted octanol–water partition coefficient (Wildman–Crippen LogP) is 3.37. The molecule has 202 valence electrons. The molecule has 3 N–H and O–H groups in total. The lowest BCUT2D eigenvalue weighted by atomic mass is 10.2. The number of benzene rings is 3. The van der Waals surface area contributed by atoms with Crippen molar-refractivity contribution in [1.29, 1.82) is 0 Å². The van der Waals surface area contributed by atoms with Gasteiger partial charge in [-0.05, 0) is 72.3 Å². The molecule has 11 nitrogen and oxygen atoms in total. The van der Waals surface area contributed by atoms with Gasteiger partial charge in [0, 0.05) is 11.4 Å². The minimum absolute atomic E-state index is 0.244. The first kappa shape index (κ1) is 28.3. The summed E-state index contributed by atoms with van der Waals surface area (Å²) in [5.41, 5.74) is 3.74. The molecule has 3 rings (SSSR count). The SMILES string of the molecule is C=CCOc1ccc(NC(=O)C(=O)N/N=C\c2ccc(OCC(=O)Nc3ccc(OC)cc3)c(OC)c2)cc1. The summed E-state index contributed by atoms with van der Waals surface area (Å²) in [6.07, 6.45) is 2.95. The summed E-state index contributed by atoms with van der Waals surface area (Å²) in [4.78, 5) is 36.4. The summed E-state index contributed by atoms with van der Waals surface area (Å²) in [5, 5.41) is 9.00. The molecule has 3 aromatic rings. The number of methoxy groups -OCH3 is 2. The molecule has 3 amide bonds. The number of nitrogens with one attached hydrogen (secondary N) is 3. The fourth-order valence-corrected chi connectivity index (χ4v) is 3.09. The van der Waals surface area contributed by atoms with Crippen molar-refractivity contribution in [2.75, 3.05) is 38.1 Å². The third-order valence-corrected chi connectivity index (χ3v) is 4.99. The second-order valence-corrected chi connectivity index (χ2v) is 7.75. The molecule has 0 aliphatic rings. The first-order chi connectivity index (χ1) is 18.9. The van der Waals surface area contributed by atoms with Crippen LogP contribution in [0.4, 0.5) is 11.4 Å². The van der Waals surface area contributed by atoms with Crippen LogP contribution in [0, 0.1) is 0 Å². The van der Waals surface area contributed by atoms with E-state index in [1.165, 1.54) is 13.3 Å². The second-order valence-electron chi connectivity index (χ2n) is 7.75. The zero-order valence-corrected chi connectivity index (χ0v) is 21.4. The summed E-state index contributed by atoms with van der Waals surface area (Å²) < 4.78 is 21.4. The molecule has 0 fully saturated rings. The molecule has 0 unspecified atom stereocenters. The Labute approximate surface area is 225 Å². The largest absolute Gasteiger partial charge is 0.497 e. The van der Waals surface area contributed by atoms with Crippen LogP contribution in [0.5, 0.6) is 23.0 Å². The lowest BCUT2D eigenvalue weighted by molar-refractivity contribution is -0.136. The van der Waals surface area contributed by atoms with Gasteiger partial charge in [-0.25, -0.2) is 5.43 Å². The van der Waals surface area contributed by atoms with Crippen LogP contribution < -0.4 is 35.0 Å². The predicted molar refractivity (Wildman–Crippen MR) is 147 cm³/mol. The molecule has 0 heterocycles. The van der Waals surface area contributed by atoms with E-state index in [2.05, 4.69) is 27.7 Å². The minimum atomic E-state index is -0.951. The monoisotopic (exact) mass is 532 g/mol. The highest BCUT2D eigenvalue weighted by Gasteiger charge is 2.13. The second kappa shape index (κ2) is 14.4. The van der Waals surface area contributed by atoms with Crippen LogP contribution in [0.2, 0.25) is 0 Å². The van der Waals surface area contributed by atoms with Gasteiger partial charge in [0.25, 0.3) is 5.91 Å². The van der Waals surface area contributed by atoms with Crippen molar-refractivity contribution >= 4 is 35.3 Å². The van der Waals surface area contributed by atoms with Gasteiger partial charge in [0.2, 0.25) is 0 Å². The van der Waals surface area contributed by atoms with Crippen LogP contribution in [0.1, 0.15) is 5.56 Å². The van der Waals surface area contributed by atoms with E-state index in [0.29, 0.717) is 46.5 Å². The van der Waals surface area contributed by atoms with Gasteiger partial charge in [-0.2, -0.15) is 5.10 Å². The smallest absolute Gasteiger partial charge is 0.329 e. The fourth-order valence-electron chi connectivity index (χ4n) is 3.09. The molecular formula is C28H28N4O7. The lowest BCUT2D eigenvalue weighted by Gasteiger charge is -2.11. The molecule has 0 bridgehead atoms. The Bertz CT molecular complexity index is 1320. The summed E-state index contributed by atoms with van der Waals surface area (Å²) in [6.45, 7) is 3.68. The van der Waals surface area contributed by atoms with Crippen molar-refractivity contribution in [3.8, 4) is 23.0 Å². The van der Waals surface area contributed by atoms with E-state index >= 15 is 0 Å². The third-order valence-electron chi connectivity index (χ3n) is 4.99. The van der Waals surface area contributed by atoms with E-state index in [4.69, 9.17) is 18.9 Å². The Hall–Kier alpha value is -5.32. The summed E-state index contributed by atoms with van der Waals surface area (Å²) in [5.74, 6) is -0.229. The highest BCUT2D eigenvalue weighted by atomic mass is 16.5. The number of nitrogens with zero attached hydrogens (tertiary/aromatic N) is 1. The Morgan fingerprint density at radius 2 is 1.46 bits per heavy atom. The highest BCUT2D eigenvalue weighted by Crippen LogP contribution is 2.27. The van der Waals surface area contributed by atoms with Crippen molar-refractivity contribution in [2.24, 2.45) is 5.10 Å². The third kappa shape index (κ3) is 8.93. The number of ether oxygens (including phenoxy) is 4. The number of hydrogen-bond donors (Lipinski definition) is 3. The first-order valence-corrected chi connectivity index (χ1v) is 11.6. The van der Waals surface area contributed by atoms with Gasteiger partial charge in [-0.15, -0.1) is 0 Å². The molecule has 39 heavy (non-hydrogen) atoms. The van der Waals surface area contributed by atoms with Crippen molar-refractivity contribution in [1.82, 2.24) is 5.43 Å². The molecule has 0 radical (unpaired) electrons. The van der Waals surface area contributed by atoms with E-state index in [9.17, 15) is 14.4 Å². The van der Waals surface area contributed by atoms with Gasteiger partial charge in [0.05, 0.1) is 20.4 Å². The van der Waals surface area contributed by atoms with Crippen LogP contribution >= 0.6 is 0 Å². The molecule has 0 saturated heterocycles. The average Bonchev–Trinajstić information content (AvgIpc) is 2.96. The molecule has 0 saturated carbocycles. The lowest BCUT2D eigenvalue weighted by Crippen LogP contribution is -2.32. The van der Waals surface area contributed by atoms with Gasteiger partial charge >= 0.3 is 11.8 Å². The quantitative estimate of drug-likeness (QED) is 0.141.